The molecule has 0 bridgehead atoms. The smallest absolute Gasteiger partial charge is 0.166 e. The maximum absolute atomic E-state index is 5.56. The Hall–Kier alpha value is -1.92. The molecule has 116 valence electrons. The lowest BCUT2D eigenvalue weighted by Gasteiger charge is -2.14. The van der Waals surface area contributed by atoms with E-state index < -0.39 is 0 Å². The molecule has 1 aliphatic rings. The molecule has 0 amide bonds. The fourth-order valence-corrected chi connectivity index (χ4v) is 2.60. The Balaban J connectivity index is 1.43. The van der Waals surface area contributed by atoms with Gasteiger partial charge in [0.05, 0.1) is 11.8 Å². The maximum Gasteiger partial charge on any atom is 0.166 e. The monoisotopic (exact) mass is 316 g/mol. The first kappa shape index (κ1) is 15.0. The first-order valence-corrected chi connectivity index (χ1v) is 7.94. The molecule has 0 radical (unpaired) electrons. The van der Waals surface area contributed by atoms with Gasteiger partial charge in [-0.05, 0) is 48.8 Å². The molecule has 2 aromatic rings. The van der Waals surface area contributed by atoms with E-state index in [1.165, 1.54) is 5.56 Å². The van der Waals surface area contributed by atoms with Gasteiger partial charge < -0.3 is 15.4 Å². The van der Waals surface area contributed by atoms with Gasteiger partial charge in [-0.25, -0.2) is 4.68 Å². The van der Waals surface area contributed by atoms with E-state index >= 15 is 0 Å². The minimum Gasteiger partial charge on any atom is -0.376 e. The van der Waals surface area contributed by atoms with Gasteiger partial charge in [-0.15, -0.1) is 0 Å². The van der Waals surface area contributed by atoms with Crippen molar-refractivity contribution in [3.05, 3.63) is 48.3 Å². The van der Waals surface area contributed by atoms with Gasteiger partial charge in [0, 0.05) is 32.1 Å². The highest BCUT2D eigenvalue weighted by Crippen LogP contribution is 2.10. The lowest BCUT2D eigenvalue weighted by Crippen LogP contribution is -2.39. The largest absolute Gasteiger partial charge is 0.376 e. The van der Waals surface area contributed by atoms with Crippen LogP contribution >= 0.6 is 12.2 Å². The number of hydrogen-bond acceptors (Lipinski definition) is 3. The van der Waals surface area contributed by atoms with Crippen molar-refractivity contribution in [2.45, 2.75) is 25.5 Å². The second-order valence-electron chi connectivity index (χ2n) is 5.32. The Morgan fingerprint density at radius 2 is 2.18 bits per heavy atom. The number of benzene rings is 1. The summed E-state index contributed by atoms with van der Waals surface area (Å²) >= 11 is 5.29. The molecule has 5 nitrogen and oxygen atoms in total. The lowest BCUT2D eigenvalue weighted by molar-refractivity contribution is 0.114. The summed E-state index contributed by atoms with van der Waals surface area (Å²) in [5.74, 6) is 0. The molecule has 0 spiro atoms. The van der Waals surface area contributed by atoms with Gasteiger partial charge in [0.25, 0.3) is 0 Å². The number of ether oxygens (including phenoxy) is 1. The summed E-state index contributed by atoms with van der Waals surface area (Å²) in [7, 11) is 0. The fraction of sp³-hybridized carbons (Fsp3) is 0.375. The zero-order valence-electron chi connectivity index (χ0n) is 12.4. The highest BCUT2D eigenvalue weighted by Gasteiger charge is 2.15. The van der Waals surface area contributed by atoms with Crippen molar-refractivity contribution in [1.29, 1.82) is 0 Å². The van der Waals surface area contributed by atoms with Crippen LogP contribution < -0.4 is 10.6 Å². The topological polar surface area (TPSA) is 51.1 Å². The molecule has 0 aliphatic carbocycles. The number of thiocarbonyl (C=S) groups is 1. The fourth-order valence-electron chi connectivity index (χ4n) is 2.44. The Morgan fingerprint density at radius 3 is 2.86 bits per heavy atom. The zero-order valence-corrected chi connectivity index (χ0v) is 13.2. The zero-order chi connectivity index (χ0) is 15.2. The van der Waals surface area contributed by atoms with Crippen LogP contribution in [-0.2, 0) is 11.3 Å². The molecule has 1 fully saturated rings. The number of hydrogen-bond donors (Lipinski definition) is 2. The van der Waals surface area contributed by atoms with E-state index in [0.29, 0.717) is 17.8 Å². The summed E-state index contributed by atoms with van der Waals surface area (Å²) in [5.41, 5.74) is 2.23. The molecule has 1 atom stereocenters. The van der Waals surface area contributed by atoms with Crippen molar-refractivity contribution in [1.82, 2.24) is 20.4 Å². The normalized spacial score (nSPS) is 17.4. The van der Waals surface area contributed by atoms with Gasteiger partial charge in [-0.1, -0.05) is 12.1 Å². The molecule has 22 heavy (non-hydrogen) atoms. The number of rotatable bonds is 5. The number of nitrogens with one attached hydrogen (secondary N) is 2. The van der Waals surface area contributed by atoms with Gasteiger partial charge in [-0.3, -0.25) is 0 Å². The van der Waals surface area contributed by atoms with E-state index in [2.05, 4.69) is 27.9 Å². The molecule has 0 saturated carbocycles. The SMILES string of the molecule is S=C(NCc1ccc(-n2cccn2)cc1)NC[C@H]1CCCO1. The summed E-state index contributed by atoms with van der Waals surface area (Å²) in [6.07, 6.45) is 6.26. The number of aromatic nitrogens is 2. The van der Waals surface area contributed by atoms with E-state index in [-0.39, 0.29) is 0 Å². The Morgan fingerprint density at radius 1 is 1.32 bits per heavy atom. The van der Waals surface area contributed by atoms with Crippen LogP contribution in [0.25, 0.3) is 5.69 Å². The van der Waals surface area contributed by atoms with Crippen LogP contribution in [0.5, 0.6) is 0 Å². The van der Waals surface area contributed by atoms with Crippen molar-refractivity contribution in [2.24, 2.45) is 0 Å². The van der Waals surface area contributed by atoms with Gasteiger partial charge in [-0.2, -0.15) is 5.10 Å². The van der Waals surface area contributed by atoms with Crippen LogP contribution in [-0.4, -0.2) is 34.1 Å². The first-order chi connectivity index (χ1) is 10.8. The maximum atomic E-state index is 5.56. The lowest BCUT2D eigenvalue weighted by atomic mass is 10.2. The minimum atomic E-state index is 0.299. The second kappa shape index (κ2) is 7.38. The van der Waals surface area contributed by atoms with Crippen LogP contribution in [0.2, 0.25) is 0 Å². The van der Waals surface area contributed by atoms with Crippen LogP contribution in [0.1, 0.15) is 18.4 Å². The quantitative estimate of drug-likeness (QED) is 0.827. The van der Waals surface area contributed by atoms with E-state index in [9.17, 15) is 0 Å². The highest BCUT2D eigenvalue weighted by atomic mass is 32.1. The standard InChI is InChI=1S/C16H20N4OS/c22-16(18-12-15-3-1-10-21-15)17-11-13-4-6-14(7-5-13)20-9-2-8-19-20/h2,4-9,15H,1,3,10-12H2,(H2,17,18,22)/t15-/m1/s1. The van der Waals surface area contributed by atoms with Crippen LogP contribution in [0, 0.1) is 0 Å². The first-order valence-electron chi connectivity index (χ1n) is 7.53. The van der Waals surface area contributed by atoms with Crippen molar-refractivity contribution >= 4 is 17.3 Å². The van der Waals surface area contributed by atoms with E-state index in [1.807, 2.05) is 29.1 Å². The van der Waals surface area contributed by atoms with E-state index in [4.69, 9.17) is 17.0 Å². The molecule has 0 unspecified atom stereocenters. The molecule has 6 heteroatoms. The third kappa shape index (κ3) is 4.05. The van der Waals surface area contributed by atoms with Crippen molar-refractivity contribution in [3.63, 3.8) is 0 Å². The Bertz CT molecular complexity index is 591. The predicted octanol–water partition coefficient (Wildman–Crippen LogP) is 2.02. The Labute approximate surface area is 135 Å². The molecular formula is C16H20N4OS. The molecule has 2 N–H and O–H groups in total. The molecule has 1 aromatic carbocycles. The molecule has 2 heterocycles. The summed E-state index contributed by atoms with van der Waals surface area (Å²) < 4.78 is 7.39. The molecular weight excluding hydrogens is 296 g/mol. The van der Waals surface area contributed by atoms with Crippen LogP contribution in [0.15, 0.2) is 42.7 Å². The van der Waals surface area contributed by atoms with E-state index in [1.54, 1.807) is 6.20 Å². The molecule has 3 rings (SSSR count). The van der Waals surface area contributed by atoms with E-state index in [0.717, 1.165) is 31.7 Å². The molecule has 1 saturated heterocycles. The Kier molecular flexibility index (Phi) is 5.03. The van der Waals surface area contributed by atoms with Crippen LogP contribution in [0.3, 0.4) is 0 Å². The summed E-state index contributed by atoms with van der Waals surface area (Å²) in [5, 5.41) is 11.3. The van der Waals surface area contributed by atoms with Crippen LogP contribution in [0.4, 0.5) is 0 Å². The average molecular weight is 316 g/mol. The highest BCUT2D eigenvalue weighted by molar-refractivity contribution is 7.80. The predicted molar refractivity (Wildman–Crippen MR) is 90.0 cm³/mol. The summed E-state index contributed by atoms with van der Waals surface area (Å²) in [6, 6.07) is 10.2. The third-order valence-corrected chi connectivity index (χ3v) is 3.96. The molecule has 1 aliphatic heterocycles. The van der Waals surface area contributed by atoms with Gasteiger partial charge in [0.2, 0.25) is 0 Å². The summed E-state index contributed by atoms with van der Waals surface area (Å²) in [6.45, 7) is 2.36. The average Bonchev–Trinajstić information content (AvgIpc) is 3.24. The minimum absolute atomic E-state index is 0.299. The summed E-state index contributed by atoms with van der Waals surface area (Å²) in [4.78, 5) is 0. The van der Waals surface area contributed by atoms with Crippen molar-refractivity contribution in [3.8, 4) is 5.69 Å². The second-order valence-corrected chi connectivity index (χ2v) is 5.72. The van der Waals surface area contributed by atoms with Crippen molar-refractivity contribution in [2.75, 3.05) is 13.2 Å². The van der Waals surface area contributed by atoms with Gasteiger partial charge in [0.1, 0.15) is 0 Å². The third-order valence-electron chi connectivity index (χ3n) is 3.67. The number of nitrogens with zero attached hydrogens (tertiary/aromatic N) is 2. The molecule has 1 aromatic heterocycles. The van der Waals surface area contributed by atoms with Crippen molar-refractivity contribution < 1.29 is 4.74 Å². The van der Waals surface area contributed by atoms with Gasteiger partial charge in [0.15, 0.2) is 5.11 Å². The van der Waals surface area contributed by atoms with Gasteiger partial charge >= 0.3 is 0 Å².